The topological polar surface area (TPSA) is 88.5 Å². The van der Waals surface area contributed by atoms with Crippen molar-refractivity contribution in [1.29, 1.82) is 0 Å². The van der Waals surface area contributed by atoms with Gasteiger partial charge < -0.3 is 24.8 Å². The molecule has 3 amide bonds. The van der Waals surface area contributed by atoms with E-state index in [0.29, 0.717) is 26.3 Å². The predicted molar refractivity (Wildman–Crippen MR) is 125 cm³/mol. The van der Waals surface area contributed by atoms with Gasteiger partial charge in [-0.1, -0.05) is 35.3 Å². The first-order chi connectivity index (χ1) is 16.7. The fourth-order valence-corrected chi connectivity index (χ4v) is 4.31. The summed E-state index contributed by atoms with van der Waals surface area (Å²) in [5.74, 6) is -1.83. The number of amides is 3. The van der Waals surface area contributed by atoms with E-state index in [2.05, 4.69) is 15.6 Å². The molecule has 0 aliphatic carbocycles. The fourth-order valence-electron chi connectivity index (χ4n) is 3.74. The Balaban J connectivity index is 1.60. The zero-order valence-corrected chi connectivity index (χ0v) is 19.7. The molecule has 13 heteroatoms. The number of carbonyl (C=O) groups excluding carboxylic acids is 2. The Hall–Kier alpha value is -3.02. The number of halogens is 5. The summed E-state index contributed by atoms with van der Waals surface area (Å²) in [7, 11) is 0. The van der Waals surface area contributed by atoms with Crippen molar-refractivity contribution in [2.75, 3.05) is 38.2 Å². The van der Waals surface area contributed by atoms with Crippen LogP contribution in [0.5, 0.6) is 0 Å². The molecule has 3 aromatic rings. The van der Waals surface area contributed by atoms with Gasteiger partial charge in [0, 0.05) is 26.2 Å². The average molecular weight is 530 g/mol. The van der Waals surface area contributed by atoms with E-state index in [-0.39, 0.29) is 51.5 Å². The number of rotatable bonds is 5. The van der Waals surface area contributed by atoms with Gasteiger partial charge in [0.1, 0.15) is 5.52 Å². The van der Waals surface area contributed by atoms with Gasteiger partial charge >= 0.3 is 12.2 Å². The number of carbonyl (C=O) groups is 2. The van der Waals surface area contributed by atoms with Crippen molar-refractivity contribution in [3.8, 4) is 0 Å². The Morgan fingerprint density at radius 2 is 1.71 bits per heavy atom. The van der Waals surface area contributed by atoms with E-state index in [0.717, 1.165) is 4.57 Å². The van der Waals surface area contributed by atoms with E-state index in [4.69, 9.17) is 27.9 Å². The number of alkyl halides is 3. The summed E-state index contributed by atoms with van der Waals surface area (Å²) in [6.45, 7) is 1.39. The maximum atomic E-state index is 13.8. The highest BCUT2D eigenvalue weighted by Gasteiger charge is 2.38. The van der Waals surface area contributed by atoms with Crippen molar-refractivity contribution < 1.29 is 27.5 Å². The minimum Gasteiger partial charge on any atom is -0.378 e. The van der Waals surface area contributed by atoms with Gasteiger partial charge in [-0.05, 0) is 24.3 Å². The number of imidazole rings is 1. The molecule has 1 saturated heterocycles. The van der Waals surface area contributed by atoms with Crippen molar-refractivity contribution in [3.05, 3.63) is 57.8 Å². The molecule has 8 nitrogen and oxygen atoms in total. The molecule has 0 unspecified atom stereocenters. The van der Waals surface area contributed by atoms with Crippen LogP contribution in [0, 0.1) is 0 Å². The molecule has 0 bridgehead atoms. The van der Waals surface area contributed by atoms with E-state index in [1.165, 1.54) is 35.2 Å². The van der Waals surface area contributed by atoms with E-state index in [9.17, 15) is 22.8 Å². The summed E-state index contributed by atoms with van der Waals surface area (Å²) in [4.78, 5) is 30.4. The maximum Gasteiger partial charge on any atom is 0.449 e. The molecule has 1 fully saturated rings. The number of hydrogen-bond acceptors (Lipinski definition) is 4. The van der Waals surface area contributed by atoms with Gasteiger partial charge in [-0.3, -0.25) is 4.79 Å². The predicted octanol–water partition coefficient (Wildman–Crippen LogP) is 4.66. The lowest BCUT2D eigenvalue weighted by Crippen LogP contribution is -2.46. The Morgan fingerprint density at radius 1 is 1.06 bits per heavy atom. The minimum absolute atomic E-state index is 0.00543. The molecule has 0 saturated carbocycles. The number of hydrogen-bond donors (Lipinski definition) is 2. The maximum absolute atomic E-state index is 13.8. The van der Waals surface area contributed by atoms with Crippen LogP contribution >= 0.6 is 23.2 Å². The van der Waals surface area contributed by atoms with Gasteiger partial charge in [-0.2, -0.15) is 13.2 Å². The van der Waals surface area contributed by atoms with Crippen LogP contribution in [0.4, 0.5) is 23.7 Å². The number of fused-ring (bicyclic) bond motifs is 1. The van der Waals surface area contributed by atoms with Crippen LogP contribution in [0.2, 0.25) is 10.0 Å². The third-order valence-electron chi connectivity index (χ3n) is 5.38. The van der Waals surface area contributed by atoms with Gasteiger partial charge in [0.05, 0.1) is 40.0 Å². The SMILES string of the molecule is O=C(Nc1cccc2c1nc(C(F)(F)F)n2CCNC(=O)N1CCOCC1)c1c(Cl)cccc1Cl. The monoisotopic (exact) mass is 529 g/mol. The number of anilines is 1. The first-order valence-corrected chi connectivity index (χ1v) is 11.3. The molecule has 2 aromatic carbocycles. The van der Waals surface area contributed by atoms with Gasteiger partial charge in [-0.15, -0.1) is 0 Å². The second-order valence-electron chi connectivity index (χ2n) is 7.64. The Kier molecular flexibility index (Phi) is 7.39. The van der Waals surface area contributed by atoms with Crippen LogP contribution in [0.3, 0.4) is 0 Å². The normalized spacial score (nSPS) is 14.3. The summed E-state index contributed by atoms with van der Waals surface area (Å²) < 4.78 is 47.6. The molecule has 0 atom stereocenters. The largest absolute Gasteiger partial charge is 0.449 e. The van der Waals surface area contributed by atoms with Crippen LogP contribution in [-0.2, 0) is 17.5 Å². The zero-order chi connectivity index (χ0) is 25.2. The molecule has 2 heterocycles. The number of benzene rings is 2. The van der Waals surface area contributed by atoms with Gasteiger partial charge in [0.2, 0.25) is 5.82 Å². The highest BCUT2D eigenvalue weighted by Crippen LogP contribution is 2.34. The molecule has 1 aromatic heterocycles. The average Bonchev–Trinajstić information content (AvgIpc) is 3.20. The van der Waals surface area contributed by atoms with Gasteiger partial charge in [0.25, 0.3) is 5.91 Å². The quantitative estimate of drug-likeness (QED) is 0.503. The fraction of sp³-hybridized carbons (Fsp3) is 0.318. The lowest BCUT2D eigenvalue weighted by molar-refractivity contribution is -0.146. The number of nitrogens with one attached hydrogen (secondary N) is 2. The molecule has 0 radical (unpaired) electrons. The third-order valence-corrected chi connectivity index (χ3v) is 6.01. The van der Waals surface area contributed by atoms with E-state index in [1.807, 2.05) is 0 Å². The van der Waals surface area contributed by atoms with E-state index < -0.39 is 17.9 Å². The highest BCUT2D eigenvalue weighted by molar-refractivity contribution is 6.40. The summed E-state index contributed by atoms with van der Waals surface area (Å²) in [5, 5.41) is 5.38. The molecule has 1 aliphatic rings. The first-order valence-electron chi connectivity index (χ1n) is 10.6. The number of urea groups is 1. The lowest BCUT2D eigenvalue weighted by Gasteiger charge is -2.27. The Labute approximate surface area is 207 Å². The van der Waals surface area contributed by atoms with Crippen LogP contribution in [0.1, 0.15) is 16.2 Å². The number of morpholine rings is 1. The van der Waals surface area contributed by atoms with Gasteiger partial charge in [0.15, 0.2) is 0 Å². The second-order valence-corrected chi connectivity index (χ2v) is 8.45. The third kappa shape index (κ3) is 5.47. The molecular formula is C22H20Cl2F3N5O3. The van der Waals surface area contributed by atoms with Crippen LogP contribution in [0.15, 0.2) is 36.4 Å². The number of aromatic nitrogens is 2. The summed E-state index contributed by atoms with van der Waals surface area (Å²) in [6, 6.07) is 8.53. The van der Waals surface area contributed by atoms with E-state index in [1.54, 1.807) is 6.07 Å². The number of ether oxygens (including phenoxy) is 1. The van der Waals surface area contributed by atoms with Gasteiger partial charge in [-0.25, -0.2) is 9.78 Å². The van der Waals surface area contributed by atoms with Crippen LogP contribution in [-0.4, -0.2) is 59.2 Å². The van der Waals surface area contributed by atoms with Crippen molar-refractivity contribution in [2.45, 2.75) is 12.7 Å². The standard InChI is InChI=1S/C22H20Cl2F3N5O3/c23-13-3-1-4-14(24)17(13)19(33)29-15-5-2-6-16-18(15)30-20(22(25,26)27)32(16)8-7-28-21(34)31-9-11-35-12-10-31/h1-6H,7-12H2,(H,28,34)(H,29,33). The molecule has 0 spiro atoms. The number of para-hydroxylation sites is 1. The summed E-state index contributed by atoms with van der Waals surface area (Å²) in [5.41, 5.74) is 0.135. The smallest absolute Gasteiger partial charge is 0.378 e. The summed E-state index contributed by atoms with van der Waals surface area (Å²) in [6.07, 6.45) is -4.76. The van der Waals surface area contributed by atoms with Crippen molar-refractivity contribution in [3.63, 3.8) is 0 Å². The van der Waals surface area contributed by atoms with Crippen molar-refractivity contribution in [1.82, 2.24) is 19.8 Å². The molecule has 2 N–H and O–H groups in total. The van der Waals surface area contributed by atoms with Crippen molar-refractivity contribution in [2.24, 2.45) is 0 Å². The van der Waals surface area contributed by atoms with Crippen LogP contribution in [0.25, 0.3) is 11.0 Å². The number of nitrogens with zero attached hydrogens (tertiary/aromatic N) is 3. The second kappa shape index (κ2) is 10.3. The Morgan fingerprint density at radius 3 is 2.37 bits per heavy atom. The first kappa shape index (κ1) is 25.1. The molecule has 1 aliphatic heterocycles. The minimum atomic E-state index is -4.76. The lowest BCUT2D eigenvalue weighted by atomic mass is 10.2. The van der Waals surface area contributed by atoms with Crippen molar-refractivity contribution >= 4 is 51.9 Å². The highest BCUT2D eigenvalue weighted by atomic mass is 35.5. The van der Waals surface area contributed by atoms with E-state index >= 15 is 0 Å². The zero-order valence-electron chi connectivity index (χ0n) is 18.2. The molecular weight excluding hydrogens is 510 g/mol. The molecule has 186 valence electrons. The summed E-state index contributed by atoms with van der Waals surface area (Å²) >= 11 is 12.2. The molecule has 4 rings (SSSR count). The Bertz CT molecular complexity index is 1240. The molecule has 35 heavy (non-hydrogen) atoms. The van der Waals surface area contributed by atoms with Crippen LogP contribution < -0.4 is 10.6 Å².